The molecule has 0 bridgehead atoms. The van der Waals surface area contributed by atoms with Crippen molar-refractivity contribution < 1.29 is 4.42 Å². The Bertz CT molecular complexity index is 2900. The van der Waals surface area contributed by atoms with Crippen LogP contribution in [0.25, 0.3) is 100 Å². The summed E-state index contributed by atoms with van der Waals surface area (Å²) in [4.78, 5) is 20.1. The van der Waals surface area contributed by atoms with Crippen LogP contribution in [0.1, 0.15) is 0 Å². The Morgan fingerprint density at radius 2 is 0.922 bits per heavy atom. The predicted octanol–water partition coefficient (Wildman–Crippen LogP) is 11.8. The number of nitrogens with zero attached hydrogens (tertiary/aromatic N) is 4. The zero-order valence-electron chi connectivity index (χ0n) is 27.4. The van der Waals surface area contributed by atoms with Crippen molar-refractivity contribution in [2.24, 2.45) is 0 Å². The highest BCUT2D eigenvalue weighted by atomic mass is 16.3. The molecule has 5 heteroatoms. The highest BCUT2D eigenvalue weighted by Gasteiger charge is 2.19. The minimum atomic E-state index is 0.571. The Morgan fingerprint density at radius 3 is 1.63 bits per heavy atom. The predicted molar refractivity (Wildman–Crippen MR) is 207 cm³/mol. The molecule has 0 aliphatic rings. The molecule has 0 amide bonds. The first-order valence-corrected chi connectivity index (χ1v) is 17.0. The molecule has 2 aromatic heterocycles. The quantitative estimate of drug-likeness (QED) is 0.173. The molecular weight excluding hydrogens is 625 g/mol. The van der Waals surface area contributed by atoms with Gasteiger partial charge >= 0.3 is 0 Å². The summed E-state index contributed by atoms with van der Waals surface area (Å²) in [7, 11) is 0. The van der Waals surface area contributed by atoms with Crippen LogP contribution in [0.3, 0.4) is 0 Å². The molecule has 51 heavy (non-hydrogen) atoms. The van der Waals surface area contributed by atoms with Gasteiger partial charge < -0.3 is 4.42 Å². The number of oxazole rings is 1. The normalized spacial score (nSPS) is 11.5. The SMILES string of the molecule is c1ccc(-c2ccc3c(ccc4cc(-c5nc(-c6ccccc6)nc(-c6cccc7ccc8nc(-c9ccccc9)oc8c67)n5)ccc43)c2)cc1. The lowest BCUT2D eigenvalue weighted by Crippen LogP contribution is -2.00. The van der Waals surface area contributed by atoms with E-state index in [2.05, 4.69) is 91.0 Å². The number of fused-ring (bicyclic) bond motifs is 6. The number of rotatable bonds is 5. The van der Waals surface area contributed by atoms with E-state index < -0.39 is 0 Å². The van der Waals surface area contributed by atoms with Gasteiger partial charge in [0.1, 0.15) is 5.52 Å². The lowest BCUT2D eigenvalue weighted by atomic mass is 9.96. The summed E-state index contributed by atoms with van der Waals surface area (Å²) in [6.45, 7) is 0. The molecular formula is C46H28N4O. The second-order valence-corrected chi connectivity index (χ2v) is 12.7. The van der Waals surface area contributed by atoms with Crippen LogP contribution in [0.2, 0.25) is 0 Å². The number of aromatic nitrogens is 4. The highest BCUT2D eigenvalue weighted by molar-refractivity contribution is 6.11. The number of hydrogen-bond donors (Lipinski definition) is 0. The average molecular weight is 653 g/mol. The van der Waals surface area contributed by atoms with Crippen LogP contribution in [0.15, 0.2) is 174 Å². The fourth-order valence-electron chi connectivity index (χ4n) is 7.01. The molecule has 5 nitrogen and oxygen atoms in total. The van der Waals surface area contributed by atoms with Gasteiger partial charge in [0.15, 0.2) is 23.1 Å². The molecule has 0 radical (unpaired) electrons. The standard InChI is InChI=1S/C46H28N4O/c1-4-11-29(12-5-1)33-21-24-37-34(27-33)19-20-35-28-36(22-25-38(35)37)44-48-43(31-13-6-2-7-14-31)49-45(50-44)39-18-10-17-30-23-26-40-42(41(30)39)51-46(47-40)32-15-8-3-9-16-32/h1-28H. The van der Waals surface area contributed by atoms with Gasteiger partial charge in [-0.3, -0.25) is 0 Å². The zero-order chi connectivity index (χ0) is 33.7. The van der Waals surface area contributed by atoms with Gasteiger partial charge in [-0.25, -0.2) is 19.9 Å². The van der Waals surface area contributed by atoms with E-state index in [0.29, 0.717) is 28.9 Å². The average Bonchev–Trinajstić information content (AvgIpc) is 3.66. The Hall–Kier alpha value is -6.98. The maximum absolute atomic E-state index is 6.49. The molecule has 0 unspecified atom stereocenters. The van der Waals surface area contributed by atoms with Crippen LogP contribution in [-0.2, 0) is 0 Å². The molecule has 0 aliphatic heterocycles. The van der Waals surface area contributed by atoms with Crippen LogP contribution in [-0.4, -0.2) is 19.9 Å². The fraction of sp³-hybridized carbons (Fsp3) is 0. The molecule has 0 fully saturated rings. The Kier molecular flexibility index (Phi) is 6.74. The number of benzene rings is 8. The molecule has 10 rings (SSSR count). The van der Waals surface area contributed by atoms with Gasteiger partial charge in [0.25, 0.3) is 0 Å². The van der Waals surface area contributed by atoms with Crippen molar-refractivity contribution in [1.29, 1.82) is 0 Å². The van der Waals surface area contributed by atoms with Crippen molar-refractivity contribution in [3.05, 3.63) is 170 Å². The van der Waals surface area contributed by atoms with Crippen molar-refractivity contribution in [2.45, 2.75) is 0 Å². The Morgan fingerprint density at radius 1 is 0.353 bits per heavy atom. The van der Waals surface area contributed by atoms with Crippen molar-refractivity contribution in [3.63, 3.8) is 0 Å². The smallest absolute Gasteiger partial charge is 0.227 e. The maximum atomic E-state index is 6.49. The third-order valence-corrected chi connectivity index (χ3v) is 9.53. The van der Waals surface area contributed by atoms with E-state index in [1.54, 1.807) is 0 Å². The third kappa shape index (κ3) is 5.11. The molecule has 2 heterocycles. The summed E-state index contributed by atoms with van der Waals surface area (Å²) in [5, 5.41) is 6.66. The Balaban J connectivity index is 1.14. The minimum absolute atomic E-state index is 0.571. The monoisotopic (exact) mass is 652 g/mol. The fourth-order valence-corrected chi connectivity index (χ4v) is 7.01. The summed E-state index contributed by atoms with van der Waals surface area (Å²) in [5.41, 5.74) is 7.52. The molecule has 0 saturated carbocycles. The van der Waals surface area contributed by atoms with Gasteiger partial charge in [-0.05, 0) is 68.4 Å². The molecule has 0 aliphatic carbocycles. The molecule has 0 spiro atoms. The molecule has 0 N–H and O–H groups in total. The second kappa shape index (κ2) is 11.9. The van der Waals surface area contributed by atoms with Crippen molar-refractivity contribution >= 4 is 43.4 Å². The van der Waals surface area contributed by atoms with E-state index in [-0.39, 0.29) is 0 Å². The molecule has 0 saturated heterocycles. The molecule has 0 atom stereocenters. The first-order chi connectivity index (χ1) is 25.2. The summed E-state index contributed by atoms with van der Waals surface area (Å²) in [6, 6.07) is 58.4. The lowest BCUT2D eigenvalue weighted by molar-refractivity contribution is 0.623. The van der Waals surface area contributed by atoms with E-state index in [4.69, 9.17) is 24.4 Å². The van der Waals surface area contributed by atoms with E-state index >= 15 is 0 Å². The highest BCUT2D eigenvalue weighted by Crippen LogP contribution is 2.37. The van der Waals surface area contributed by atoms with Crippen LogP contribution >= 0.6 is 0 Å². The topological polar surface area (TPSA) is 64.7 Å². The van der Waals surface area contributed by atoms with E-state index in [1.165, 1.54) is 27.3 Å². The van der Waals surface area contributed by atoms with E-state index in [0.717, 1.165) is 43.9 Å². The van der Waals surface area contributed by atoms with Crippen LogP contribution in [0, 0.1) is 0 Å². The van der Waals surface area contributed by atoms with Crippen molar-refractivity contribution in [2.75, 3.05) is 0 Å². The summed E-state index contributed by atoms with van der Waals surface area (Å²) in [5.74, 6) is 2.36. The second-order valence-electron chi connectivity index (χ2n) is 12.7. The van der Waals surface area contributed by atoms with Gasteiger partial charge in [-0.2, -0.15) is 0 Å². The van der Waals surface area contributed by atoms with Crippen molar-refractivity contribution in [3.8, 4) is 56.7 Å². The number of hydrogen-bond acceptors (Lipinski definition) is 5. The van der Waals surface area contributed by atoms with Gasteiger partial charge in [0.2, 0.25) is 5.89 Å². The van der Waals surface area contributed by atoms with Crippen LogP contribution in [0.5, 0.6) is 0 Å². The third-order valence-electron chi connectivity index (χ3n) is 9.53. The summed E-state index contributed by atoms with van der Waals surface area (Å²) in [6.07, 6.45) is 0. The van der Waals surface area contributed by atoms with Gasteiger partial charge in [-0.15, -0.1) is 0 Å². The summed E-state index contributed by atoms with van der Waals surface area (Å²) < 4.78 is 6.49. The molecule has 8 aromatic carbocycles. The molecule has 10 aromatic rings. The first kappa shape index (κ1) is 29.0. The van der Waals surface area contributed by atoms with Crippen LogP contribution < -0.4 is 0 Å². The molecule has 238 valence electrons. The van der Waals surface area contributed by atoms with Crippen LogP contribution in [0.4, 0.5) is 0 Å². The van der Waals surface area contributed by atoms with Gasteiger partial charge in [-0.1, -0.05) is 140 Å². The van der Waals surface area contributed by atoms with E-state index in [9.17, 15) is 0 Å². The van der Waals surface area contributed by atoms with E-state index in [1.807, 2.05) is 78.9 Å². The maximum Gasteiger partial charge on any atom is 0.227 e. The first-order valence-electron chi connectivity index (χ1n) is 17.0. The Labute approximate surface area is 293 Å². The lowest BCUT2D eigenvalue weighted by Gasteiger charge is -2.12. The van der Waals surface area contributed by atoms with Gasteiger partial charge in [0.05, 0.1) is 0 Å². The van der Waals surface area contributed by atoms with Gasteiger partial charge in [0, 0.05) is 27.6 Å². The minimum Gasteiger partial charge on any atom is -0.435 e. The zero-order valence-corrected chi connectivity index (χ0v) is 27.4. The summed E-state index contributed by atoms with van der Waals surface area (Å²) >= 11 is 0. The largest absolute Gasteiger partial charge is 0.435 e. The van der Waals surface area contributed by atoms with Crippen molar-refractivity contribution in [1.82, 2.24) is 19.9 Å².